The minimum absolute atomic E-state index is 0.0333. The van der Waals surface area contributed by atoms with Gasteiger partial charge in [-0.1, -0.05) is 41.9 Å². The summed E-state index contributed by atoms with van der Waals surface area (Å²) in [5, 5.41) is 7.61. The number of amides is 1. The lowest BCUT2D eigenvalue weighted by atomic mass is 10.1. The molecule has 0 fully saturated rings. The van der Waals surface area contributed by atoms with Crippen LogP contribution in [0.5, 0.6) is 0 Å². The van der Waals surface area contributed by atoms with Crippen molar-refractivity contribution in [3.05, 3.63) is 105 Å². The number of aromatic nitrogens is 4. The van der Waals surface area contributed by atoms with Gasteiger partial charge in [-0.25, -0.2) is 4.52 Å². The Bertz CT molecular complexity index is 1700. The van der Waals surface area contributed by atoms with Gasteiger partial charge in [0.1, 0.15) is 0 Å². The van der Waals surface area contributed by atoms with Crippen molar-refractivity contribution >= 4 is 45.7 Å². The van der Waals surface area contributed by atoms with E-state index in [0.717, 1.165) is 11.1 Å². The second-order valence-electron chi connectivity index (χ2n) is 8.28. The van der Waals surface area contributed by atoms with Gasteiger partial charge >= 0.3 is 0 Å². The second-order valence-corrected chi connectivity index (χ2v) is 8.71. The molecule has 0 aliphatic heterocycles. The number of nitrogens with zero attached hydrogens (tertiary/aromatic N) is 4. The normalized spacial score (nSPS) is 11.2. The summed E-state index contributed by atoms with van der Waals surface area (Å²) in [6.45, 7) is 3.67. The molecule has 8 nitrogen and oxygen atoms in total. The van der Waals surface area contributed by atoms with Gasteiger partial charge in [0.2, 0.25) is 11.5 Å². The van der Waals surface area contributed by atoms with Crippen molar-refractivity contribution in [3.63, 3.8) is 0 Å². The Morgan fingerprint density at radius 1 is 1.00 bits per heavy atom. The van der Waals surface area contributed by atoms with E-state index in [4.69, 9.17) is 11.6 Å². The largest absolute Gasteiger partial charge is 0.319 e. The lowest BCUT2D eigenvalue weighted by Gasteiger charge is -2.12. The number of fused-ring (bicyclic) bond motifs is 3. The zero-order chi connectivity index (χ0) is 24.7. The molecule has 0 bridgehead atoms. The lowest BCUT2D eigenvalue weighted by molar-refractivity contribution is 0.100. The standard InChI is InChI=1S/C26H20ClN5O3/c1-15-9-10-21-22(11-15)31(14-17-5-3-7-19(27)12-17)26(35)24-29-23(30-32(21)24)25(34)28-20-8-4-6-18(13-20)16(2)33/h3-13H,14H2,1-2H3,(H,28,34). The number of hydrogen-bond donors (Lipinski definition) is 1. The Morgan fingerprint density at radius 2 is 1.80 bits per heavy atom. The first-order chi connectivity index (χ1) is 16.8. The third-order valence-electron chi connectivity index (χ3n) is 5.65. The van der Waals surface area contributed by atoms with Crippen LogP contribution in [0.15, 0.2) is 71.5 Å². The average molecular weight is 486 g/mol. The monoisotopic (exact) mass is 485 g/mol. The third kappa shape index (κ3) is 4.31. The summed E-state index contributed by atoms with van der Waals surface area (Å²) < 4.78 is 3.00. The van der Waals surface area contributed by atoms with Gasteiger partial charge in [-0.2, -0.15) is 4.98 Å². The van der Waals surface area contributed by atoms with Crippen molar-refractivity contribution in [3.8, 4) is 0 Å². The van der Waals surface area contributed by atoms with Crippen molar-refractivity contribution in [2.75, 3.05) is 5.32 Å². The number of ketones is 1. The quantitative estimate of drug-likeness (QED) is 0.369. The number of carbonyl (C=O) groups is 2. The topological polar surface area (TPSA) is 98.4 Å². The summed E-state index contributed by atoms with van der Waals surface area (Å²) in [6.07, 6.45) is 0. The fourth-order valence-corrected chi connectivity index (χ4v) is 4.16. The van der Waals surface area contributed by atoms with Gasteiger partial charge < -0.3 is 5.32 Å². The van der Waals surface area contributed by atoms with Crippen LogP contribution < -0.4 is 10.9 Å². The van der Waals surface area contributed by atoms with Gasteiger partial charge in [-0.3, -0.25) is 19.0 Å². The highest BCUT2D eigenvalue weighted by Gasteiger charge is 2.20. The van der Waals surface area contributed by atoms with E-state index in [0.29, 0.717) is 27.3 Å². The van der Waals surface area contributed by atoms with Crippen molar-refractivity contribution in [2.24, 2.45) is 0 Å². The first-order valence-electron chi connectivity index (χ1n) is 10.9. The molecule has 2 aromatic heterocycles. The summed E-state index contributed by atoms with van der Waals surface area (Å²) >= 11 is 6.14. The van der Waals surface area contributed by atoms with E-state index in [9.17, 15) is 14.4 Å². The number of aryl methyl sites for hydroxylation is 1. The van der Waals surface area contributed by atoms with Crippen LogP contribution in [-0.4, -0.2) is 30.9 Å². The van der Waals surface area contributed by atoms with E-state index in [2.05, 4.69) is 15.4 Å². The van der Waals surface area contributed by atoms with Crippen LogP contribution in [-0.2, 0) is 6.54 Å². The number of rotatable bonds is 5. The van der Waals surface area contributed by atoms with E-state index >= 15 is 0 Å². The summed E-state index contributed by atoms with van der Waals surface area (Å²) in [5.74, 6) is -0.859. The van der Waals surface area contributed by atoms with Crippen molar-refractivity contribution in [1.29, 1.82) is 0 Å². The van der Waals surface area contributed by atoms with Gasteiger partial charge in [0.05, 0.1) is 17.6 Å². The molecule has 1 amide bonds. The minimum Gasteiger partial charge on any atom is -0.319 e. The molecule has 0 spiro atoms. The van der Waals surface area contributed by atoms with E-state index in [-0.39, 0.29) is 29.4 Å². The maximum Gasteiger partial charge on any atom is 0.296 e. The Balaban J connectivity index is 1.61. The molecule has 0 saturated heterocycles. The van der Waals surface area contributed by atoms with Crippen LogP contribution in [0.4, 0.5) is 5.69 Å². The van der Waals surface area contributed by atoms with Crippen LogP contribution in [0.25, 0.3) is 16.7 Å². The number of Topliss-reactive ketones (excluding diaryl/α,β-unsaturated/α-hetero) is 1. The molecule has 0 radical (unpaired) electrons. The molecule has 0 aliphatic rings. The smallest absolute Gasteiger partial charge is 0.296 e. The summed E-state index contributed by atoms with van der Waals surface area (Å²) in [6, 6.07) is 19.5. The van der Waals surface area contributed by atoms with Crippen LogP contribution in [0.2, 0.25) is 5.02 Å². The SMILES string of the molecule is CC(=O)c1cccc(NC(=O)c2nc3c(=O)n(Cc4cccc(Cl)c4)c4cc(C)ccc4n3n2)c1. The molecule has 0 atom stereocenters. The first kappa shape index (κ1) is 22.5. The van der Waals surface area contributed by atoms with Crippen LogP contribution in [0.1, 0.15) is 39.0 Å². The van der Waals surface area contributed by atoms with Crippen molar-refractivity contribution < 1.29 is 9.59 Å². The van der Waals surface area contributed by atoms with E-state index in [1.54, 1.807) is 41.0 Å². The van der Waals surface area contributed by atoms with Crippen LogP contribution >= 0.6 is 11.6 Å². The number of nitrogens with one attached hydrogen (secondary N) is 1. The molecule has 0 saturated carbocycles. The van der Waals surface area contributed by atoms with Gasteiger partial charge in [-0.15, -0.1) is 5.10 Å². The van der Waals surface area contributed by atoms with E-state index in [1.807, 2.05) is 37.3 Å². The second kappa shape index (κ2) is 8.81. The number of benzene rings is 3. The average Bonchev–Trinajstić information content (AvgIpc) is 3.28. The van der Waals surface area contributed by atoms with Gasteiger partial charge in [0.15, 0.2) is 5.78 Å². The molecule has 5 rings (SSSR count). The molecule has 3 aromatic carbocycles. The highest BCUT2D eigenvalue weighted by molar-refractivity contribution is 6.30. The van der Waals surface area contributed by atoms with Crippen LogP contribution in [0, 0.1) is 6.92 Å². The summed E-state index contributed by atoms with van der Waals surface area (Å²) in [7, 11) is 0. The molecule has 2 heterocycles. The first-order valence-corrected chi connectivity index (χ1v) is 11.2. The predicted molar refractivity (Wildman–Crippen MR) is 134 cm³/mol. The predicted octanol–water partition coefficient (Wildman–Crippen LogP) is 4.51. The molecule has 174 valence electrons. The maximum absolute atomic E-state index is 13.5. The zero-order valence-corrected chi connectivity index (χ0v) is 19.7. The lowest BCUT2D eigenvalue weighted by Crippen LogP contribution is -2.24. The molecule has 1 N–H and O–H groups in total. The Hall–Kier alpha value is -4.30. The van der Waals surface area contributed by atoms with Crippen molar-refractivity contribution in [1.82, 2.24) is 19.2 Å². The maximum atomic E-state index is 13.5. The Labute approximate surface area is 204 Å². The van der Waals surface area contributed by atoms with Crippen LogP contribution in [0.3, 0.4) is 0 Å². The molecule has 0 aliphatic carbocycles. The zero-order valence-electron chi connectivity index (χ0n) is 18.9. The highest BCUT2D eigenvalue weighted by Crippen LogP contribution is 2.19. The highest BCUT2D eigenvalue weighted by atomic mass is 35.5. The summed E-state index contributed by atoms with van der Waals surface area (Å²) in [4.78, 5) is 42.3. The van der Waals surface area contributed by atoms with Crippen molar-refractivity contribution in [2.45, 2.75) is 20.4 Å². The van der Waals surface area contributed by atoms with E-state index < -0.39 is 5.91 Å². The fourth-order valence-electron chi connectivity index (χ4n) is 3.95. The third-order valence-corrected chi connectivity index (χ3v) is 5.89. The van der Waals surface area contributed by atoms with Gasteiger partial charge in [0, 0.05) is 16.3 Å². The number of hydrogen-bond acceptors (Lipinski definition) is 5. The fraction of sp³-hybridized carbons (Fsp3) is 0.115. The minimum atomic E-state index is -0.588. The Kier molecular flexibility index (Phi) is 5.66. The summed E-state index contributed by atoms with van der Waals surface area (Å²) in [5.41, 5.74) is 3.68. The van der Waals surface area contributed by atoms with E-state index in [1.165, 1.54) is 11.4 Å². The number of carbonyl (C=O) groups excluding carboxylic acids is 2. The molecule has 35 heavy (non-hydrogen) atoms. The molecule has 5 aromatic rings. The Morgan fingerprint density at radius 3 is 2.57 bits per heavy atom. The van der Waals surface area contributed by atoms with Gasteiger partial charge in [-0.05, 0) is 61.4 Å². The molecular formula is C26H20ClN5O3. The van der Waals surface area contributed by atoms with Gasteiger partial charge in [0.25, 0.3) is 11.5 Å². The number of halogens is 1. The molecular weight excluding hydrogens is 466 g/mol. The molecule has 9 heteroatoms. The molecule has 0 unspecified atom stereocenters. The number of anilines is 1.